The average Bonchev–Trinajstić information content (AvgIpc) is 3.25. The molecule has 128 valence electrons. The molecule has 0 saturated heterocycles. The SMILES string of the molecule is Cc1[nH]c(-c2ccccc2)nc1C(=O)NCCCOC1CCCC1. The van der Waals surface area contributed by atoms with Gasteiger partial charge in [-0.15, -0.1) is 0 Å². The number of carbonyl (C=O) groups excluding carboxylic acids is 1. The van der Waals surface area contributed by atoms with Gasteiger partial charge in [0, 0.05) is 24.4 Å². The summed E-state index contributed by atoms with van der Waals surface area (Å²) in [6, 6.07) is 9.82. The van der Waals surface area contributed by atoms with Crippen molar-refractivity contribution in [3.8, 4) is 11.4 Å². The number of aryl methyl sites for hydroxylation is 1. The molecule has 0 spiro atoms. The Balaban J connectivity index is 1.47. The minimum atomic E-state index is -0.133. The Morgan fingerprint density at radius 2 is 2.04 bits per heavy atom. The first kappa shape index (κ1) is 16.7. The molecule has 1 aliphatic rings. The number of aromatic amines is 1. The normalized spacial score (nSPS) is 14.9. The molecule has 1 aliphatic carbocycles. The first-order chi connectivity index (χ1) is 11.7. The second-order valence-corrected chi connectivity index (χ2v) is 6.31. The number of amides is 1. The maximum absolute atomic E-state index is 12.3. The summed E-state index contributed by atoms with van der Waals surface area (Å²) >= 11 is 0. The van der Waals surface area contributed by atoms with Crippen LogP contribution in [0.5, 0.6) is 0 Å². The van der Waals surface area contributed by atoms with Crippen LogP contribution in [0.4, 0.5) is 0 Å². The zero-order valence-corrected chi connectivity index (χ0v) is 14.2. The number of H-pyrrole nitrogens is 1. The molecule has 0 bridgehead atoms. The zero-order valence-electron chi connectivity index (χ0n) is 14.2. The minimum Gasteiger partial charge on any atom is -0.378 e. The van der Waals surface area contributed by atoms with E-state index in [0.717, 1.165) is 23.5 Å². The summed E-state index contributed by atoms with van der Waals surface area (Å²) in [6.45, 7) is 3.19. The highest BCUT2D eigenvalue weighted by atomic mass is 16.5. The molecule has 1 fully saturated rings. The monoisotopic (exact) mass is 327 g/mol. The lowest BCUT2D eigenvalue weighted by atomic mass is 10.2. The Hall–Kier alpha value is -2.14. The predicted octanol–water partition coefficient (Wildman–Crippen LogP) is 3.46. The van der Waals surface area contributed by atoms with Crippen molar-refractivity contribution >= 4 is 5.91 Å². The highest BCUT2D eigenvalue weighted by Crippen LogP contribution is 2.21. The van der Waals surface area contributed by atoms with E-state index in [1.54, 1.807) is 0 Å². The summed E-state index contributed by atoms with van der Waals surface area (Å²) in [4.78, 5) is 19.9. The van der Waals surface area contributed by atoms with Crippen molar-refractivity contribution in [2.75, 3.05) is 13.2 Å². The smallest absolute Gasteiger partial charge is 0.271 e. The van der Waals surface area contributed by atoms with Crippen LogP contribution in [0, 0.1) is 6.92 Å². The van der Waals surface area contributed by atoms with Gasteiger partial charge in [0.25, 0.3) is 5.91 Å². The van der Waals surface area contributed by atoms with E-state index in [1.165, 1.54) is 25.7 Å². The van der Waals surface area contributed by atoms with Crippen LogP contribution in [0.2, 0.25) is 0 Å². The van der Waals surface area contributed by atoms with Gasteiger partial charge in [-0.25, -0.2) is 4.98 Å². The third-order valence-corrected chi connectivity index (χ3v) is 4.41. The standard InChI is InChI=1S/C19H25N3O2/c1-14-17(22-18(21-14)15-8-3-2-4-9-15)19(23)20-12-7-13-24-16-10-5-6-11-16/h2-4,8-9,16H,5-7,10-13H2,1H3,(H,20,23)(H,21,22). The Morgan fingerprint density at radius 1 is 1.29 bits per heavy atom. The maximum atomic E-state index is 12.3. The summed E-state index contributed by atoms with van der Waals surface area (Å²) < 4.78 is 5.80. The van der Waals surface area contributed by atoms with E-state index in [9.17, 15) is 4.79 Å². The summed E-state index contributed by atoms with van der Waals surface area (Å²) in [7, 11) is 0. The van der Waals surface area contributed by atoms with Crippen LogP contribution in [-0.4, -0.2) is 35.1 Å². The van der Waals surface area contributed by atoms with Crippen molar-refractivity contribution in [3.05, 3.63) is 41.7 Å². The van der Waals surface area contributed by atoms with Gasteiger partial charge in [0.2, 0.25) is 0 Å². The number of rotatable bonds is 7. The molecular weight excluding hydrogens is 302 g/mol. The summed E-state index contributed by atoms with van der Waals surface area (Å²) in [5, 5.41) is 2.93. The van der Waals surface area contributed by atoms with Crippen LogP contribution in [0.1, 0.15) is 48.3 Å². The number of carbonyl (C=O) groups is 1. The number of benzene rings is 1. The molecule has 1 aromatic heterocycles. The van der Waals surface area contributed by atoms with E-state index in [-0.39, 0.29) is 5.91 Å². The van der Waals surface area contributed by atoms with E-state index >= 15 is 0 Å². The highest BCUT2D eigenvalue weighted by molar-refractivity contribution is 5.94. The molecule has 5 nitrogen and oxygen atoms in total. The van der Waals surface area contributed by atoms with Crippen molar-refractivity contribution in [3.63, 3.8) is 0 Å². The fourth-order valence-electron chi connectivity index (χ4n) is 3.08. The van der Waals surface area contributed by atoms with Gasteiger partial charge in [-0.3, -0.25) is 4.79 Å². The average molecular weight is 327 g/mol. The molecule has 1 amide bonds. The number of nitrogens with zero attached hydrogens (tertiary/aromatic N) is 1. The fourth-order valence-corrected chi connectivity index (χ4v) is 3.08. The van der Waals surface area contributed by atoms with E-state index in [2.05, 4.69) is 15.3 Å². The molecule has 5 heteroatoms. The Kier molecular flexibility index (Phi) is 5.64. The molecule has 24 heavy (non-hydrogen) atoms. The van der Waals surface area contributed by atoms with Gasteiger partial charge in [-0.05, 0) is 26.2 Å². The lowest BCUT2D eigenvalue weighted by molar-refractivity contribution is 0.0565. The first-order valence-corrected chi connectivity index (χ1v) is 8.76. The molecule has 0 aliphatic heterocycles. The zero-order chi connectivity index (χ0) is 16.8. The molecular formula is C19H25N3O2. The third kappa shape index (κ3) is 4.23. The quantitative estimate of drug-likeness (QED) is 0.765. The lowest BCUT2D eigenvalue weighted by Gasteiger charge is -2.10. The second kappa shape index (κ2) is 8.11. The predicted molar refractivity (Wildman–Crippen MR) is 93.9 cm³/mol. The molecule has 1 saturated carbocycles. The molecule has 0 atom stereocenters. The van der Waals surface area contributed by atoms with Crippen LogP contribution in [0.25, 0.3) is 11.4 Å². The van der Waals surface area contributed by atoms with Gasteiger partial charge in [0.1, 0.15) is 11.5 Å². The number of aromatic nitrogens is 2. The third-order valence-electron chi connectivity index (χ3n) is 4.41. The highest BCUT2D eigenvalue weighted by Gasteiger charge is 2.16. The largest absolute Gasteiger partial charge is 0.378 e. The Bertz CT molecular complexity index is 661. The topological polar surface area (TPSA) is 67.0 Å². The van der Waals surface area contributed by atoms with Crippen LogP contribution >= 0.6 is 0 Å². The lowest BCUT2D eigenvalue weighted by Crippen LogP contribution is -2.26. The van der Waals surface area contributed by atoms with E-state index in [1.807, 2.05) is 37.3 Å². The van der Waals surface area contributed by atoms with E-state index < -0.39 is 0 Å². The van der Waals surface area contributed by atoms with Crippen molar-refractivity contribution in [1.29, 1.82) is 0 Å². The van der Waals surface area contributed by atoms with Gasteiger partial charge in [0.15, 0.2) is 0 Å². The van der Waals surface area contributed by atoms with Crippen LogP contribution in [0.15, 0.2) is 30.3 Å². The van der Waals surface area contributed by atoms with Crippen molar-refractivity contribution in [1.82, 2.24) is 15.3 Å². The van der Waals surface area contributed by atoms with Gasteiger partial charge in [-0.2, -0.15) is 0 Å². The molecule has 1 heterocycles. The van der Waals surface area contributed by atoms with E-state index in [4.69, 9.17) is 4.74 Å². The van der Waals surface area contributed by atoms with Gasteiger partial charge in [-0.1, -0.05) is 43.2 Å². The molecule has 3 rings (SSSR count). The first-order valence-electron chi connectivity index (χ1n) is 8.76. The Morgan fingerprint density at radius 3 is 2.79 bits per heavy atom. The Labute approximate surface area is 142 Å². The molecule has 1 aromatic carbocycles. The molecule has 0 radical (unpaired) electrons. The summed E-state index contributed by atoms with van der Waals surface area (Å²) in [5.74, 6) is 0.592. The number of ether oxygens (including phenoxy) is 1. The van der Waals surface area contributed by atoms with Crippen LogP contribution in [0.3, 0.4) is 0 Å². The van der Waals surface area contributed by atoms with Gasteiger partial charge >= 0.3 is 0 Å². The second-order valence-electron chi connectivity index (χ2n) is 6.31. The number of imidazole rings is 1. The van der Waals surface area contributed by atoms with E-state index in [0.29, 0.717) is 24.9 Å². The van der Waals surface area contributed by atoms with Crippen LogP contribution in [-0.2, 0) is 4.74 Å². The fraction of sp³-hybridized carbons (Fsp3) is 0.474. The van der Waals surface area contributed by atoms with Crippen molar-refractivity contribution in [2.45, 2.75) is 45.1 Å². The maximum Gasteiger partial charge on any atom is 0.271 e. The molecule has 0 unspecified atom stereocenters. The van der Waals surface area contributed by atoms with Crippen LogP contribution < -0.4 is 5.32 Å². The van der Waals surface area contributed by atoms with Gasteiger partial charge in [0.05, 0.1) is 6.10 Å². The number of hydrogen-bond acceptors (Lipinski definition) is 3. The minimum absolute atomic E-state index is 0.133. The van der Waals surface area contributed by atoms with Crippen molar-refractivity contribution in [2.24, 2.45) is 0 Å². The number of hydrogen-bond donors (Lipinski definition) is 2. The molecule has 2 aromatic rings. The van der Waals surface area contributed by atoms with Gasteiger partial charge < -0.3 is 15.0 Å². The number of nitrogens with one attached hydrogen (secondary N) is 2. The summed E-state index contributed by atoms with van der Waals surface area (Å²) in [6.07, 6.45) is 6.19. The summed E-state index contributed by atoms with van der Waals surface area (Å²) in [5.41, 5.74) is 2.23. The van der Waals surface area contributed by atoms with Crippen molar-refractivity contribution < 1.29 is 9.53 Å². The molecule has 2 N–H and O–H groups in total.